The van der Waals surface area contributed by atoms with E-state index in [-0.39, 0.29) is 12.7 Å². The van der Waals surface area contributed by atoms with Gasteiger partial charge in [-0.15, -0.1) is 0 Å². The predicted molar refractivity (Wildman–Crippen MR) is 65.3 cm³/mol. The Bertz CT molecular complexity index is 410. The number of hydrogen-bond donors (Lipinski definition) is 2. The van der Waals surface area contributed by atoms with E-state index in [4.69, 9.17) is 20.8 Å². The summed E-state index contributed by atoms with van der Waals surface area (Å²) in [4.78, 5) is 0. The highest BCUT2D eigenvalue weighted by molar-refractivity contribution is 5.32. The molecule has 2 unspecified atom stereocenters. The molecular weight excluding hydrogens is 216 g/mol. The molecule has 0 saturated carbocycles. The summed E-state index contributed by atoms with van der Waals surface area (Å²) in [7, 11) is 0. The fourth-order valence-corrected chi connectivity index (χ4v) is 1.65. The first-order chi connectivity index (χ1) is 7.98. The van der Waals surface area contributed by atoms with Gasteiger partial charge in [-0.2, -0.15) is 5.26 Å². The van der Waals surface area contributed by atoms with Gasteiger partial charge in [0.2, 0.25) is 0 Å². The largest absolute Gasteiger partial charge is 0.490 e. The molecule has 0 amide bonds. The fourth-order valence-electron chi connectivity index (χ4n) is 1.65. The van der Waals surface area contributed by atoms with Crippen molar-refractivity contribution in [1.29, 1.82) is 5.26 Å². The van der Waals surface area contributed by atoms with Crippen molar-refractivity contribution in [2.45, 2.75) is 38.5 Å². The van der Waals surface area contributed by atoms with Crippen molar-refractivity contribution in [3.63, 3.8) is 0 Å². The maximum atomic E-state index is 9.15. The average molecular weight is 234 g/mol. The second-order valence-electron chi connectivity index (χ2n) is 4.43. The standard InChI is InChI=1S/C13H18N2O2/c1-10(7-13(2,15)9-14)17-12-6-4-3-5-11(12)8-16/h3-6,10,16H,7-8,15H2,1-2H3. The van der Waals surface area contributed by atoms with E-state index in [1.165, 1.54) is 0 Å². The van der Waals surface area contributed by atoms with Gasteiger partial charge in [0.25, 0.3) is 0 Å². The molecule has 4 nitrogen and oxygen atoms in total. The molecule has 0 aromatic heterocycles. The highest BCUT2D eigenvalue weighted by Gasteiger charge is 2.22. The smallest absolute Gasteiger partial charge is 0.125 e. The molecule has 1 rings (SSSR count). The van der Waals surface area contributed by atoms with Crippen molar-refractivity contribution in [3.8, 4) is 11.8 Å². The topological polar surface area (TPSA) is 79.3 Å². The Hall–Kier alpha value is -1.57. The van der Waals surface area contributed by atoms with E-state index in [0.29, 0.717) is 12.2 Å². The molecular formula is C13H18N2O2. The van der Waals surface area contributed by atoms with Gasteiger partial charge in [0.1, 0.15) is 11.3 Å². The number of para-hydroxylation sites is 1. The van der Waals surface area contributed by atoms with Crippen LogP contribution in [0.25, 0.3) is 0 Å². The number of aliphatic hydroxyl groups excluding tert-OH is 1. The minimum atomic E-state index is -0.895. The number of nitrogens with two attached hydrogens (primary N) is 1. The summed E-state index contributed by atoms with van der Waals surface area (Å²) in [5.41, 5.74) is 5.59. The van der Waals surface area contributed by atoms with Crippen LogP contribution in [0.3, 0.4) is 0 Å². The Morgan fingerprint density at radius 1 is 1.53 bits per heavy atom. The summed E-state index contributed by atoms with van der Waals surface area (Å²) < 4.78 is 5.68. The first-order valence-corrected chi connectivity index (χ1v) is 5.54. The molecule has 92 valence electrons. The second kappa shape index (κ2) is 5.67. The van der Waals surface area contributed by atoms with E-state index >= 15 is 0 Å². The zero-order chi connectivity index (χ0) is 12.9. The molecule has 0 saturated heterocycles. The van der Waals surface area contributed by atoms with Crippen molar-refractivity contribution in [3.05, 3.63) is 29.8 Å². The average Bonchev–Trinajstić information content (AvgIpc) is 2.29. The van der Waals surface area contributed by atoms with E-state index in [9.17, 15) is 0 Å². The SMILES string of the molecule is CC(CC(C)(N)C#N)Oc1ccccc1CO. The molecule has 0 bridgehead atoms. The Balaban J connectivity index is 2.69. The van der Waals surface area contributed by atoms with Crippen molar-refractivity contribution in [2.24, 2.45) is 5.73 Å². The van der Waals surface area contributed by atoms with Gasteiger partial charge in [0.05, 0.1) is 18.8 Å². The van der Waals surface area contributed by atoms with Crippen molar-refractivity contribution in [2.75, 3.05) is 0 Å². The number of benzene rings is 1. The number of hydrogen-bond acceptors (Lipinski definition) is 4. The lowest BCUT2D eigenvalue weighted by atomic mass is 9.98. The van der Waals surface area contributed by atoms with E-state index in [0.717, 1.165) is 5.56 Å². The van der Waals surface area contributed by atoms with E-state index in [2.05, 4.69) is 0 Å². The van der Waals surface area contributed by atoms with Crippen LogP contribution >= 0.6 is 0 Å². The van der Waals surface area contributed by atoms with Crippen LogP contribution in [0.5, 0.6) is 5.75 Å². The van der Waals surface area contributed by atoms with E-state index in [1.807, 2.05) is 25.1 Å². The first-order valence-electron chi connectivity index (χ1n) is 5.54. The van der Waals surface area contributed by atoms with E-state index < -0.39 is 5.54 Å². The van der Waals surface area contributed by atoms with Gasteiger partial charge in [-0.1, -0.05) is 18.2 Å². The van der Waals surface area contributed by atoms with Gasteiger partial charge in [0.15, 0.2) is 0 Å². The maximum absolute atomic E-state index is 9.15. The van der Waals surface area contributed by atoms with Crippen molar-refractivity contribution < 1.29 is 9.84 Å². The third-order valence-electron chi connectivity index (χ3n) is 2.44. The summed E-state index contributed by atoms with van der Waals surface area (Å²) in [6, 6.07) is 9.31. The lowest BCUT2D eigenvalue weighted by Crippen LogP contribution is -2.38. The Kier molecular flexibility index (Phi) is 4.50. The predicted octanol–water partition coefficient (Wildman–Crippen LogP) is 1.58. The van der Waals surface area contributed by atoms with Gasteiger partial charge in [-0.25, -0.2) is 0 Å². The van der Waals surface area contributed by atoms with Crippen LogP contribution in [0.4, 0.5) is 0 Å². The van der Waals surface area contributed by atoms with Gasteiger partial charge < -0.3 is 15.6 Å². The third kappa shape index (κ3) is 4.06. The molecule has 17 heavy (non-hydrogen) atoms. The number of rotatable bonds is 5. The molecule has 1 aromatic carbocycles. The maximum Gasteiger partial charge on any atom is 0.125 e. The van der Waals surface area contributed by atoms with Crippen LogP contribution in [0.2, 0.25) is 0 Å². The summed E-state index contributed by atoms with van der Waals surface area (Å²) in [6.45, 7) is 3.46. The van der Waals surface area contributed by atoms with Crippen LogP contribution in [0.1, 0.15) is 25.8 Å². The molecule has 0 aliphatic heterocycles. The van der Waals surface area contributed by atoms with Crippen LogP contribution in [-0.2, 0) is 6.61 Å². The molecule has 0 fully saturated rings. The highest BCUT2D eigenvalue weighted by atomic mass is 16.5. The summed E-state index contributed by atoms with van der Waals surface area (Å²) in [5.74, 6) is 0.635. The second-order valence-corrected chi connectivity index (χ2v) is 4.43. The zero-order valence-corrected chi connectivity index (χ0v) is 10.2. The molecule has 4 heteroatoms. The molecule has 0 spiro atoms. The van der Waals surface area contributed by atoms with Crippen molar-refractivity contribution >= 4 is 0 Å². The van der Waals surface area contributed by atoms with Crippen LogP contribution < -0.4 is 10.5 Å². The molecule has 0 heterocycles. The number of aliphatic hydroxyl groups is 1. The first kappa shape index (κ1) is 13.5. The monoisotopic (exact) mass is 234 g/mol. The van der Waals surface area contributed by atoms with Crippen LogP contribution in [-0.4, -0.2) is 16.7 Å². The zero-order valence-electron chi connectivity index (χ0n) is 10.2. The summed E-state index contributed by atoms with van der Waals surface area (Å²) >= 11 is 0. The lowest BCUT2D eigenvalue weighted by molar-refractivity contribution is 0.183. The number of nitrogens with zero attached hydrogens (tertiary/aromatic N) is 1. The Labute approximate surface area is 102 Å². The minimum Gasteiger partial charge on any atom is -0.490 e. The van der Waals surface area contributed by atoms with E-state index in [1.54, 1.807) is 19.1 Å². The third-order valence-corrected chi connectivity index (χ3v) is 2.44. The molecule has 2 atom stereocenters. The minimum absolute atomic E-state index is 0.0684. The molecule has 1 aromatic rings. The van der Waals surface area contributed by atoms with Gasteiger partial charge in [-0.3, -0.25) is 0 Å². The van der Waals surface area contributed by atoms with Gasteiger partial charge >= 0.3 is 0 Å². The van der Waals surface area contributed by atoms with Gasteiger partial charge in [-0.05, 0) is 19.9 Å². The molecule has 0 radical (unpaired) electrons. The van der Waals surface area contributed by atoms with Gasteiger partial charge in [0, 0.05) is 12.0 Å². The van der Waals surface area contributed by atoms with Crippen molar-refractivity contribution in [1.82, 2.24) is 0 Å². The quantitative estimate of drug-likeness (QED) is 0.810. The normalized spacial score (nSPS) is 15.7. The Morgan fingerprint density at radius 3 is 2.76 bits per heavy atom. The lowest BCUT2D eigenvalue weighted by Gasteiger charge is -2.22. The summed E-state index contributed by atoms with van der Waals surface area (Å²) in [6.07, 6.45) is 0.251. The molecule has 0 aliphatic rings. The summed E-state index contributed by atoms with van der Waals surface area (Å²) in [5, 5.41) is 18.0. The van der Waals surface area contributed by atoms with Crippen LogP contribution in [0.15, 0.2) is 24.3 Å². The van der Waals surface area contributed by atoms with Crippen LogP contribution in [0, 0.1) is 11.3 Å². The molecule has 3 N–H and O–H groups in total. The fraction of sp³-hybridized carbons (Fsp3) is 0.462. The molecule has 0 aliphatic carbocycles. The Morgan fingerprint density at radius 2 is 2.18 bits per heavy atom. The number of nitriles is 1. The number of ether oxygens (including phenoxy) is 1. The highest BCUT2D eigenvalue weighted by Crippen LogP contribution is 2.21.